The predicted octanol–water partition coefficient (Wildman–Crippen LogP) is 3.76. The molecule has 0 atom stereocenters. The summed E-state index contributed by atoms with van der Waals surface area (Å²) >= 11 is 0. The Hall–Kier alpha value is -2.88. The van der Waals surface area contributed by atoms with E-state index in [0.29, 0.717) is 12.2 Å². The van der Waals surface area contributed by atoms with Gasteiger partial charge in [-0.15, -0.1) is 0 Å². The second kappa shape index (κ2) is 6.26. The SMILES string of the molecule is O=c1ccc(-c2ccc(OCc3ccccc3)c(F)c2)c[nH]1. The molecule has 0 bridgehead atoms. The van der Waals surface area contributed by atoms with E-state index >= 15 is 0 Å². The van der Waals surface area contributed by atoms with Crippen LogP contribution in [0, 0.1) is 5.82 Å². The zero-order valence-electron chi connectivity index (χ0n) is 11.8. The maximum atomic E-state index is 14.1. The first kappa shape index (κ1) is 14.1. The number of ether oxygens (including phenoxy) is 1. The van der Waals surface area contributed by atoms with Crippen molar-refractivity contribution < 1.29 is 9.13 Å². The summed E-state index contributed by atoms with van der Waals surface area (Å²) in [6.07, 6.45) is 1.56. The zero-order valence-corrected chi connectivity index (χ0v) is 11.8. The van der Waals surface area contributed by atoms with E-state index in [1.807, 2.05) is 30.3 Å². The molecule has 0 fully saturated rings. The Morgan fingerprint density at radius 1 is 0.955 bits per heavy atom. The van der Waals surface area contributed by atoms with Crippen LogP contribution in [0.4, 0.5) is 4.39 Å². The summed E-state index contributed by atoms with van der Waals surface area (Å²) in [5, 5.41) is 0. The van der Waals surface area contributed by atoms with Crippen LogP contribution >= 0.6 is 0 Å². The fourth-order valence-corrected chi connectivity index (χ4v) is 2.12. The number of hydrogen-bond donors (Lipinski definition) is 1. The van der Waals surface area contributed by atoms with E-state index in [4.69, 9.17) is 4.74 Å². The summed E-state index contributed by atoms with van der Waals surface area (Å²) in [4.78, 5) is 13.6. The standard InChI is InChI=1S/C18H14FNO2/c19-16-10-14(15-7-9-18(21)20-11-15)6-8-17(16)22-12-13-4-2-1-3-5-13/h1-11H,12H2,(H,20,21). The van der Waals surface area contributed by atoms with Crippen LogP contribution in [0.1, 0.15) is 5.56 Å². The molecular formula is C18H14FNO2. The molecule has 3 rings (SSSR count). The molecule has 4 heteroatoms. The van der Waals surface area contributed by atoms with Gasteiger partial charge in [-0.25, -0.2) is 4.39 Å². The molecular weight excluding hydrogens is 281 g/mol. The van der Waals surface area contributed by atoms with Gasteiger partial charge in [-0.2, -0.15) is 0 Å². The number of hydrogen-bond acceptors (Lipinski definition) is 2. The van der Waals surface area contributed by atoms with Crippen LogP contribution in [0.15, 0.2) is 71.7 Å². The number of rotatable bonds is 4. The van der Waals surface area contributed by atoms with Crippen molar-refractivity contribution >= 4 is 0 Å². The summed E-state index contributed by atoms with van der Waals surface area (Å²) < 4.78 is 19.6. The van der Waals surface area contributed by atoms with Crippen molar-refractivity contribution in [2.45, 2.75) is 6.61 Å². The van der Waals surface area contributed by atoms with Gasteiger partial charge in [0, 0.05) is 12.3 Å². The highest BCUT2D eigenvalue weighted by Crippen LogP contribution is 2.25. The Balaban J connectivity index is 1.77. The first-order valence-corrected chi connectivity index (χ1v) is 6.88. The molecule has 0 aliphatic carbocycles. The van der Waals surface area contributed by atoms with E-state index in [1.165, 1.54) is 12.1 Å². The molecule has 3 aromatic rings. The van der Waals surface area contributed by atoms with Crippen molar-refractivity contribution in [1.29, 1.82) is 0 Å². The molecule has 0 spiro atoms. The third-order valence-corrected chi connectivity index (χ3v) is 3.29. The Kier molecular flexibility index (Phi) is 4.01. The lowest BCUT2D eigenvalue weighted by molar-refractivity contribution is 0.290. The monoisotopic (exact) mass is 295 g/mol. The van der Waals surface area contributed by atoms with E-state index in [9.17, 15) is 9.18 Å². The first-order valence-electron chi connectivity index (χ1n) is 6.88. The van der Waals surface area contributed by atoms with Crippen LogP contribution in [-0.4, -0.2) is 4.98 Å². The van der Waals surface area contributed by atoms with Crippen molar-refractivity contribution in [3.63, 3.8) is 0 Å². The van der Waals surface area contributed by atoms with Crippen LogP contribution < -0.4 is 10.3 Å². The molecule has 110 valence electrons. The van der Waals surface area contributed by atoms with Gasteiger partial charge in [0.2, 0.25) is 5.56 Å². The Morgan fingerprint density at radius 2 is 1.73 bits per heavy atom. The molecule has 0 saturated heterocycles. The van der Waals surface area contributed by atoms with Gasteiger partial charge in [0.1, 0.15) is 6.61 Å². The third kappa shape index (κ3) is 3.23. The molecule has 1 aromatic heterocycles. The zero-order chi connectivity index (χ0) is 15.4. The fourth-order valence-electron chi connectivity index (χ4n) is 2.12. The minimum atomic E-state index is -0.431. The molecule has 22 heavy (non-hydrogen) atoms. The summed E-state index contributed by atoms with van der Waals surface area (Å²) in [7, 11) is 0. The highest BCUT2D eigenvalue weighted by Gasteiger charge is 2.07. The van der Waals surface area contributed by atoms with Crippen molar-refractivity contribution in [2.75, 3.05) is 0 Å². The maximum absolute atomic E-state index is 14.1. The smallest absolute Gasteiger partial charge is 0.247 e. The van der Waals surface area contributed by atoms with E-state index in [-0.39, 0.29) is 11.3 Å². The second-order valence-electron chi connectivity index (χ2n) is 4.86. The number of aromatic amines is 1. The molecule has 1 N–H and O–H groups in total. The lowest BCUT2D eigenvalue weighted by Gasteiger charge is -2.09. The molecule has 0 radical (unpaired) electrons. The largest absolute Gasteiger partial charge is 0.486 e. The highest BCUT2D eigenvalue weighted by atomic mass is 19.1. The lowest BCUT2D eigenvalue weighted by Crippen LogP contribution is -2.01. The molecule has 0 amide bonds. The predicted molar refractivity (Wildman–Crippen MR) is 83.2 cm³/mol. The minimum Gasteiger partial charge on any atom is -0.486 e. The van der Waals surface area contributed by atoms with E-state index in [0.717, 1.165) is 11.1 Å². The van der Waals surface area contributed by atoms with Crippen molar-refractivity contribution in [1.82, 2.24) is 4.98 Å². The number of aromatic nitrogens is 1. The molecule has 0 unspecified atom stereocenters. The summed E-state index contributed by atoms with van der Waals surface area (Å²) in [5.74, 6) is -0.225. The topological polar surface area (TPSA) is 42.1 Å². The molecule has 0 aliphatic heterocycles. The van der Waals surface area contributed by atoms with Crippen LogP contribution in [-0.2, 0) is 6.61 Å². The summed E-state index contributed by atoms with van der Waals surface area (Å²) in [5.41, 5.74) is 2.22. The van der Waals surface area contributed by atoms with Gasteiger partial charge in [0.25, 0.3) is 0 Å². The third-order valence-electron chi connectivity index (χ3n) is 3.29. The summed E-state index contributed by atoms with van der Waals surface area (Å²) in [6.45, 7) is 0.315. The van der Waals surface area contributed by atoms with Crippen molar-refractivity contribution in [3.05, 3.63) is 88.6 Å². The van der Waals surface area contributed by atoms with Gasteiger partial charge in [0.15, 0.2) is 11.6 Å². The minimum absolute atomic E-state index is 0.188. The van der Waals surface area contributed by atoms with Gasteiger partial charge in [0.05, 0.1) is 0 Å². The van der Waals surface area contributed by atoms with Crippen LogP contribution in [0.5, 0.6) is 5.75 Å². The van der Waals surface area contributed by atoms with Gasteiger partial charge in [-0.3, -0.25) is 4.79 Å². The number of benzene rings is 2. The van der Waals surface area contributed by atoms with E-state index < -0.39 is 5.82 Å². The lowest BCUT2D eigenvalue weighted by atomic mass is 10.1. The second-order valence-corrected chi connectivity index (χ2v) is 4.86. The van der Waals surface area contributed by atoms with Crippen LogP contribution in [0.2, 0.25) is 0 Å². The van der Waals surface area contributed by atoms with E-state index in [1.54, 1.807) is 24.4 Å². The van der Waals surface area contributed by atoms with E-state index in [2.05, 4.69) is 4.98 Å². The Bertz CT molecular complexity index is 807. The number of pyridine rings is 1. The van der Waals surface area contributed by atoms with Gasteiger partial charge in [-0.05, 0) is 34.9 Å². The molecule has 1 heterocycles. The quantitative estimate of drug-likeness (QED) is 0.796. The number of halogens is 1. The first-order chi connectivity index (χ1) is 10.7. The number of H-pyrrole nitrogens is 1. The average Bonchev–Trinajstić information content (AvgIpc) is 2.55. The average molecular weight is 295 g/mol. The van der Waals surface area contributed by atoms with Gasteiger partial charge in [-0.1, -0.05) is 36.4 Å². The molecule has 3 nitrogen and oxygen atoms in total. The molecule has 2 aromatic carbocycles. The molecule has 0 saturated carbocycles. The van der Waals surface area contributed by atoms with Gasteiger partial charge >= 0.3 is 0 Å². The maximum Gasteiger partial charge on any atom is 0.247 e. The van der Waals surface area contributed by atoms with Crippen molar-refractivity contribution in [2.24, 2.45) is 0 Å². The summed E-state index contributed by atoms with van der Waals surface area (Å²) in [6, 6.07) is 17.4. The Morgan fingerprint density at radius 3 is 2.41 bits per heavy atom. The molecule has 0 aliphatic rings. The normalized spacial score (nSPS) is 10.4. The highest BCUT2D eigenvalue weighted by molar-refractivity contribution is 5.63. The van der Waals surface area contributed by atoms with Crippen molar-refractivity contribution in [3.8, 4) is 16.9 Å². The van der Waals surface area contributed by atoms with Gasteiger partial charge < -0.3 is 9.72 Å². The van der Waals surface area contributed by atoms with Crippen LogP contribution in [0.25, 0.3) is 11.1 Å². The Labute approximate surface area is 127 Å². The van der Waals surface area contributed by atoms with Crippen LogP contribution in [0.3, 0.4) is 0 Å². The fraction of sp³-hybridized carbons (Fsp3) is 0.0556. The number of nitrogens with one attached hydrogen (secondary N) is 1.